The Hall–Kier alpha value is -3.15. The number of hydrogen-bond donors (Lipinski definition) is 2. The number of carboxylic acids is 1. The average molecular weight is 282 g/mol. The number of pyridine rings is 1. The second-order valence-corrected chi connectivity index (χ2v) is 4.34. The molecular weight excluding hydrogens is 272 g/mol. The fraction of sp³-hybridized carbons (Fsp3) is 0. The third kappa shape index (κ3) is 2.59. The highest BCUT2D eigenvalue weighted by Gasteiger charge is 2.13. The molecule has 2 N–H and O–H groups in total. The van der Waals surface area contributed by atoms with Gasteiger partial charge < -0.3 is 14.8 Å². The standard InChI is InChI=1S/C15H10N2O4/c18-14(13-7-9-3-1-2-4-12(9)21-13)17-10-5-6-11(15(19)20)16-8-10/h1-8H,(H,17,18)(H,19,20). The highest BCUT2D eigenvalue weighted by molar-refractivity contribution is 6.04. The van der Waals surface area contributed by atoms with Crippen molar-refractivity contribution in [2.24, 2.45) is 0 Å². The molecule has 0 aliphatic heterocycles. The maximum absolute atomic E-state index is 12.1. The van der Waals surface area contributed by atoms with Gasteiger partial charge >= 0.3 is 5.97 Å². The Labute approximate surface area is 119 Å². The number of rotatable bonds is 3. The highest BCUT2D eigenvalue weighted by Crippen LogP contribution is 2.19. The van der Waals surface area contributed by atoms with Gasteiger partial charge in [0.05, 0.1) is 11.9 Å². The van der Waals surface area contributed by atoms with Crippen molar-refractivity contribution in [2.75, 3.05) is 5.32 Å². The van der Waals surface area contributed by atoms with Gasteiger partial charge in [-0.15, -0.1) is 0 Å². The van der Waals surface area contributed by atoms with Gasteiger partial charge in [0.1, 0.15) is 11.3 Å². The molecule has 0 bridgehead atoms. The van der Waals surface area contributed by atoms with Crippen molar-refractivity contribution in [3.8, 4) is 0 Å². The van der Waals surface area contributed by atoms with Crippen LogP contribution in [0.1, 0.15) is 21.0 Å². The number of hydrogen-bond acceptors (Lipinski definition) is 4. The molecule has 2 aromatic heterocycles. The van der Waals surface area contributed by atoms with E-state index >= 15 is 0 Å². The Balaban J connectivity index is 1.80. The number of carboxylic acid groups (broad SMARTS) is 1. The van der Waals surface area contributed by atoms with E-state index in [4.69, 9.17) is 9.52 Å². The van der Waals surface area contributed by atoms with Gasteiger partial charge in [0.15, 0.2) is 5.76 Å². The second kappa shape index (κ2) is 5.09. The minimum atomic E-state index is -1.12. The molecule has 0 spiro atoms. The van der Waals surface area contributed by atoms with E-state index in [1.54, 1.807) is 12.1 Å². The lowest BCUT2D eigenvalue weighted by molar-refractivity contribution is 0.0690. The van der Waals surface area contributed by atoms with Crippen molar-refractivity contribution in [2.45, 2.75) is 0 Å². The number of benzene rings is 1. The molecule has 1 amide bonds. The molecule has 0 radical (unpaired) electrons. The van der Waals surface area contributed by atoms with E-state index < -0.39 is 11.9 Å². The van der Waals surface area contributed by atoms with E-state index in [0.29, 0.717) is 11.3 Å². The van der Waals surface area contributed by atoms with Gasteiger partial charge in [-0.05, 0) is 24.3 Å². The zero-order chi connectivity index (χ0) is 14.8. The topological polar surface area (TPSA) is 92.4 Å². The van der Waals surface area contributed by atoms with Crippen LogP contribution < -0.4 is 5.32 Å². The Bertz CT molecular complexity index is 788. The summed E-state index contributed by atoms with van der Waals surface area (Å²) in [5.41, 5.74) is 0.934. The summed E-state index contributed by atoms with van der Waals surface area (Å²) in [5, 5.41) is 12.2. The number of aromatic nitrogens is 1. The van der Waals surface area contributed by atoms with Gasteiger partial charge in [-0.3, -0.25) is 4.79 Å². The molecule has 0 saturated carbocycles. The third-order valence-electron chi connectivity index (χ3n) is 2.89. The van der Waals surface area contributed by atoms with Gasteiger partial charge in [0.25, 0.3) is 5.91 Å². The number of para-hydroxylation sites is 1. The summed E-state index contributed by atoms with van der Waals surface area (Å²) in [4.78, 5) is 26.5. The van der Waals surface area contributed by atoms with Crippen molar-refractivity contribution < 1.29 is 19.1 Å². The first kappa shape index (κ1) is 12.9. The number of anilines is 1. The molecule has 0 atom stereocenters. The van der Waals surface area contributed by atoms with Crippen LogP contribution in [0.4, 0.5) is 5.69 Å². The van der Waals surface area contributed by atoms with E-state index in [2.05, 4.69) is 10.3 Å². The SMILES string of the molecule is O=C(O)c1ccc(NC(=O)c2cc3ccccc3o2)cn1. The van der Waals surface area contributed by atoms with Crippen LogP contribution in [-0.2, 0) is 0 Å². The van der Waals surface area contributed by atoms with Gasteiger partial charge in [0.2, 0.25) is 0 Å². The van der Waals surface area contributed by atoms with Gasteiger partial charge in [-0.1, -0.05) is 18.2 Å². The second-order valence-electron chi connectivity index (χ2n) is 4.34. The molecule has 0 unspecified atom stereocenters. The van der Waals surface area contributed by atoms with E-state index in [1.165, 1.54) is 18.3 Å². The first-order chi connectivity index (χ1) is 10.1. The molecule has 0 saturated heterocycles. The molecule has 6 heteroatoms. The zero-order valence-electron chi connectivity index (χ0n) is 10.7. The molecule has 0 aliphatic rings. The number of nitrogens with zero attached hydrogens (tertiary/aromatic N) is 1. The average Bonchev–Trinajstić information content (AvgIpc) is 2.92. The molecule has 3 aromatic rings. The predicted octanol–water partition coefficient (Wildman–Crippen LogP) is 2.78. The summed E-state index contributed by atoms with van der Waals surface area (Å²) in [6, 6.07) is 11.7. The summed E-state index contributed by atoms with van der Waals surface area (Å²) in [7, 11) is 0. The fourth-order valence-electron chi connectivity index (χ4n) is 1.88. The summed E-state index contributed by atoms with van der Waals surface area (Å²) in [6.45, 7) is 0. The molecule has 21 heavy (non-hydrogen) atoms. The summed E-state index contributed by atoms with van der Waals surface area (Å²) >= 11 is 0. The molecule has 1 aromatic carbocycles. The van der Waals surface area contributed by atoms with Crippen molar-refractivity contribution in [3.63, 3.8) is 0 Å². The number of nitrogens with one attached hydrogen (secondary N) is 1. The van der Waals surface area contributed by atoms with Crippen LogP contribution in [0.2, 0.25) is 0 Å². The number of carbonyl (C=O) groups is 2. The first-order valence-electron chi connectivity index (χ1n) is 6.13. The van der Waals surface area contributed by atoms with Crippen LogP contribution in [0, 0.1) is 0 Å². The molecule has 6 nitrogen and oxygen atoms in total. The third-order valence-corrected chi connectivity index (χ3v) is 2.89. The number of carbonyl (C=O) groups excluding carboxylic acids is 1. The summed E-state index contributed by atoms with van der Waals surface area (Å²) in [5.74, 6) is -1.36. The Kier molecular flexibility index (Phi) is 3.12. The van der Waals surface area contributed by atoms with E-state index in [0.717, 1.165) is 5.39 Å². The molecule has 104 valence electrons. The molecule has 0 aliphatic carbocycles. The van der Waals surface area contributed by atoms with E-state index in [-0.39, 0.29) is 11.5 Å². The van der Waals surface area contributed by atoms with Crippen LogP contribution in [0.3, 0.4) is 0 Å². The maximum Gasteiger partial charge on any atom is 0.354 e. The number of amides is 1. The molecule has 2 heterocycles. The fourth-order valence-corrected chi connectivity index (χ4v) is 1.88. The van der Waals surface area contributed by atoms with Gasteiger partial charge in [0, 0.05) is 5.39 Å². The van der Waals surface area contributed by atoms with Crippen LogP contribution >= 0.6 is 0 Å². The van der Waals surface area contributed by atoms with Crippen molar-refractivity contribution in [1.29, 1.82) is 0 Å². The van der Waals surface area contributed by atoms with Gasteiger partial charge in [-0.2, -0.15) is 0 Å². The Morgan fingerprint density at radius 2 is 1.95 bits per heavy atom. The van der Waals surface area contributed by atoms with Crippen LogP contribution in [-0.4, -0.2) is 22.0 Å². The minimum absolute atomic E-state index is 0.0864. The number of furan rings is 1. The smallest absolute Gasteiger partial charge is 0.354 e. The quantitative estimate of drug-likeness (QED) is 0.770. The normalized spacial score (nSPS) is 10.5. The number of fused-ring (bicyclic) bond motifs is 1. The first-order valence-corrected chi connectivity index (χ1v) is 6.13. The monoisotopic (exact) mass is 282 g/mol. The summed E-state index contributed by atoms with van der Waals surface area (Å²) in [6.07, 6.45) is 1.28. The lowest BCUT2D eigenvalue weighted by Crippen LogP contribution is -2.11. The van der Waals surface area contributed by atoms with Crippen LogP contribution in [0.15, 0.2) is 53.1 Å². The molecule has 0 fully saturated rings. The largest absolute Gasteiger partial charge is 0.477 e. The highest BCUT2D eigenvalue weighted by atomic mass is 16.4. The van der Waals surface area contributed by atoms with Crippen LogP contribution in [0.25, 0.3) is 11.0 Å². The lowest BCUT2D eigenvalue weighted by Gasteiger charge is -2.02. The van der Waals surface area contributed by atoms with Crippen molar-refractivity contribution in [3.05, 3.63) is 60.1 Å². The Morgan fingerprint density at radius 1 is 1.14 bits per heavy atom. The van der Waals surface area contributed by atoms with Crippen molar-refractivity contribution in [1.82, 2.24) is 4.98 Å². The Morgan fingerprint density at radius 3 is 2.62 bits per heavy atom. The van der Waals surface area contributed by atoms with Gasteiger partial charge in [-0.25, -0.2) is 9.78 Å². The van der Waals surface area contributed by atoms with Crippen LogP contribution in [0.5, 0.6) is 0 Å². The minimum Gasteiger partial charge on any atom is -0.477 e. The lowest BCUT2D eigenvalue weighted by atomic mass is 10.2. The van der Waals surface area contributed by atoms with E-state index in [9.17, 15) is 9.59 Å². The molecule has 3 rings (SSSR count). The van der Waals surface area contributed by atoms with Crippen molar-refractivity contribution >= 4 is 28.5 Å². The molecular formula is C15H10N2O4. The van der Waals surface area contributed by atoms with E-state index in [1.807, 2.05) is 18.2 Å². The number of aromatic carboxylic acids is 1. The predicted molar refractivity (Wildman–Crippen MR) is 75.4 cm³/mol. The maximum atomic E-state index is 12.1. The summed E-state index contributed by atoms with van der Waals surface area (Å²) < 4.78 is 5.44. The zero-order valence-corrected chi connectivity index (χ0v) is 10.7.